The van der Waals surface area contributed by atoms with E-state index in [1.165, 1.54) is 18.2 Å². The van der Waals surface area contributed by atoms with Gasteiger partial charge in [-0.15, -0.1) is 13.2 Å². The number of aromatic amines is 1. The lowest BCUT2D eigenvalue weighted by atomic mass is 10.0. The van der Waals surface area contributed by atoms with Crippen LogP contribution in [0, 0.1) is 0 Å². The van der Waals surface area contributed by atoms with Crippen LogP contribution in [-0.4, -0.2) is 27.4 Å². The number of hydrogen-bond donors (Lipinski definition) is 2. The van der Waals surface area contributed by atoms with Crippen LogP contribution in [-0.2, 0) is 4.79 Å². The summed E-state index contributed by atoms with van der Waals surface area (Å²) >= 11 is 0. The molecule has 8 heteroatoms. The number of hydrogen-bond acceptors (Lipinski definition) is 3. The van der Waals surface area contributed by atoms with Gasteiger partial charge in [-0.05, 0) is 35.9 Å². The molecule has 0 saturated carbocycles. The molecule has 2 aromatic heterocycles. The highest BCUT2D eigenvalue weighted by molar-refractivity contribution is 6.21. The highest BCUT2D eigenvalue weighted by atomic mass is 19.4. The first-order chi connectivity index (χ1) is 11.8. The summed E-state index contributed by atoms with van der Waals surface area (Å²) in [6.07, 6.45) is -0.155. The number of carboxylic acid groups (broad SMARTS) is 1. The molecule has 0 amide bonds. The molecule has 1 aromatic carbocycles. The molecule has 0 unspecified atom stereocenters. The van der Waals surface area contributed by atoms with Crippen molar-refractivity contribution >= 4 is 28.7 Å². The Kier molecular flexibility index (Phi) is 4.18. The Morgan fingerprint density at radius 3 is 2.56 bits per heavy atom. The number of carboxylic acids is 1. The molecule has 25 heavy (non-hydrogen) atoms. The van der Waals surface area contributed by atoms with Crippen LogP contribution < -0.4 is 4.74 Å². The molecule has 0 fully saturated rings. The van der Waals surface area contributed by atoms with Crippen molar-refractivity contribution < 1.29 is 27.8 Å². The van der Waals surface area contributed by atoms with E-state index in [4.69, 9.17) is 0 Å². The standard InChI is InChI=1S/C17H11F3N2O3/c18-17(19,20)25-12-5-3-10(4-6-12)14(16(23)24)8-11-9-22-15-13(11)2-1-7-21-15/h1-9H,(H,21,22)(H,23,24). The Hall–Kier alpha value is -3.29. The smallest absolute Gasteiger partial charge is 0.478 e. The molecule has 2 heterocycles. The topological polar surface area (TPSA) is 75.2 Å². The van der Waals surface area contributed by atoms with Crippen molar-refractivity contribution in [3.8, 4) is 5.75 Å². The molecule has 2 N–H and O–H groups in total. The average Bonchev–Trinajstić information content (AvgIpc) is 2.95. The summed E-state index contributed by atoms with van der Waals surface area (Å²) in [5, 5.41) is 10.2. The van der Waals surface area contributed by atoms with Crippen molar-refractivity contribution in [1.29, 1.82) is 0 Å². The average molecular weight is 348 g/mol. The van der Waals surface area contributed by atoms with Gasteiger partial charge in [-0.1, -0.05) is 12.1 Å². The molecule has 0 aliphatic carbocycles. The number of aromatic nitrogens is 2. The summed E-state index contributed by atoms with van der Waals surface area (Å²) in [6.45, 7) is 0. The van der Waals surface area contributed by atoms with Crippen LogP contribution in [0.25, 0.3) is 22.7 Å². The van der Waals surface area contributed by atoms with Crippen molar-refractivity contribution in [2.45, 2.75) is 6.36 Å². The molecule has 0 atom stereocenters. The number of rotatable bonds is 4. The second kappa shape index (κ2) is 6.31. The fraction of sp³-hybridized carbons (Fsp3) is 0.0588. The van der Waals surface area contributed by atoms with E-state index in [9.17, 15) is 23.1 Å². The number of aliphatic carboxylic acids is 1. The first-order valence-electron chi connectivity index (χ1n) is 7.07. The lowest BCUT2D eigenvalue weighted by Crippen LogP contribution is -2.17. The van der Waals surface area contributed by atoms with Crippen LogP contribution in [0.4, 0.5) is 13.2 Å². The molecule has 0 spiro atoms. The molecule has 128 valence electrons. The van der Waals surface area contributed by atoms with Gasteiger partial charge in [0.2, 0.25) is 0 Å². The number of ether oxygens (including phenoxy) is 1. The first kappa shape index (κ1) is 16.6. The molecular formula is C17H11F3N2O3. The number of H-pyrrole nitrogens is 1. The van der Waals surface area contributed by atoms with Crippen LogP contribution in [0.3, 0.4) is 0 Å². The van der Waals surface area contributed by atoms with Gasteiger partial charge in [0.1, 0.15) is 11.4 Å². The van der Waals surface area contributed by atoms with Gasteiger partial charge in [0.15, 0.2) is 0 Å². The molecule has 3 rings (SSSR count). The molecule has 0 radical (unpaired) electrons. The van der Waals surface area contributed by atoms with Gasteiger partial charge in [-0.25, -0.2) is 9.78 Å². The molecule has 3 aromatic rings. The number of carbonyl (C=O) groups is 1. The zero-order valence-electron chi connectivity index (χ0n) is 12.5. The number of alkyl halides is 3. The Morgan fingerprint density at radius 2 is 1.92 bits per heavy atom. The number of benzene rings is 1. The monoisotopic (exact) mass is 348 g/mol. The lowest BCUT2D eigenvalue weighted by Gasteiger charge is -2.09. The highest BCUT2D eigenvalue weighted by Crippen LogP contribution is 2.27. The Bertz CT molecular complexity index is 944. The van der Waals surface area contributed by atoms with E-state index in [-0.39, 0.29) is 11.1 Å². The Balaban J connectivity index is 1.97. The van der Waals surface area contributed by atoms with E-state index in [0.717, 1.165) is 17.5 Å². The van der Waals surface area contributed by atoms with Gasteiger partial charge in [0.25, 0.3) is 0 Å². The molecule has 0 saturated heterocycles. The fourth-order valence-corrected chi connectivity index (χ4v) is 2.36. The maximum absolute atomic E-state index is 12.2. The minimum absolute atomic E-state index is 0.0664. The summed E-state index contributed by atoms with van der Waals surface area (Å²) < 4.78 is 40.4. The number of halogens is 3. The van der Waals surface area contributed by atoms with Gasteiger partial charge in [-0.3, -0.25) is 0 Å². The predicted octanol–water partition coefficient (Wildman–Crippen LogP) is 4.09. The van der Waals surface area contributed by atoms with E-state index in [1.807, 2.05) is 0 Å². The van der Waals surface area contributed by atoms with Crippen molar-refractivity contribution in [1.82, 2.24) is 9.97 Å². The second-order valence-corrected chi connectivity index (χ2v) is 5.08. The van der Waals surface area contributed by atoms with Crippen molar-refractivity contribution in [3.05, 3.63) is 59.9 Å². The van der Waals surface area contributed by atoms with Crippen molar-refractivity contribution in [2.24, 2.45) is 0 Å². The summed E-state index contributed by atoms with van der Waals surface area (Å²) in [5.74, 6) is -1.62. The summed E-state index contributed by atoms with van der Waals surface area (Å²) in [7, 11) is 0. The van der Waals surface area contributed by atoms with Gasteiger partial charge in [-0.2, -0.15) is 0 Å². The molecular weight excluding hydrogens is 337 g/mol. The summed E-state index contributed by atoms with van der Waals surface area (Å²) in [5.41, 5.74) is 1.40. The highest BCUT2D eigenvalue weighted by Gasteiger charge is 2.31. The van der Waals surface area contributed by atoms with Crippen LogP contribution in [0.5, 0.6) is 5.75 Å². The van der Waals surface area contributed by atoms with Gasteiger partial charge in [0.05, 0.1) is 5.57 Å². The van der Waals surface area contributed by atoms with E-state index in [2.05, 4.69) is 14.7 Å². The first-order valence-corrected chi connectivity index (χ1v) is 7.07. The summed E-state index contributed by atoms with van der Waals surface area (Å²) in [6, 6.07) is 8.15. The third kappa shape index (κ3) is 3.79. The van der Waals surface area contributed by atoms with E-state index in [0.29, 0.717) is 11.2 Å². The fourth-order valence-electron chi connectivity index (χ4n) is 2.36. The number of fused-ring (bicyclic) bond motifs is 1. The zero-order chi connectivity index (χ0) is 18.0. The normalized spacial score (nSPS) is 12.4. The van der Waals surface area contributed by atoms with Crippen LogP contribution in [0.2, 0.25) is 0 Å². The van der Waals surface area contributed by atoms with Crippen LogP contribution >= 0.6 is 0 Å². The molecule has 0 bridgehead atoms. The summed E-state index contributed by atoms with van der Waals surface area (Å²) in [4.78, 5) is 18.6. The van der Waals surface area contributed by atoms with Crippen LogP contribution in [0.1, 0.15) is 11.1 Å². The molecule has 0 aliphatic heterocycles. The van der Waals surface area contributed by atoms with E-state index in [1.54, 1.807) is 24.5 Å². The minimum Gasteiger partial charge on any atom is -0.478 e. The molecule has 0 aliphatic rings. The second-order valence-electron chi connectivity index (χ2n) is 5.08. The minimum atomic E-state index is -4.80. The molecule has 5 nitrogen and oxygen atoms in total. The van der Waals surface area contributed by atoms with E-state index >= 15 is 0 Å². The quantitative estimate of drug-likeness (QED) is 0.697. The Labute approximate surface area is 139 Å². The number of pyridine rings is 1. The number of nitrogens with zero attached hydrogens (tertiary/aromatic N) is 1. The third-order valence-electron chi connectivity index (χ3n) is 3.41. The van der Waals surface area contributed by atoms with Crippen LogP contribution in [0.15, 0.2) is 48.8 Å². The largest absolute Gasteiger partial charge is 0.573 e. The maximum atomic E-state index is 12.2. The predicted molar refractivity (Wildman–Crippen MR) is 84.7 cm³/mol. The van der Waals surface area contributed by atoms with Crippen molar-refractivity contribution in [3.63, 3.8) is 0 Å². The SMILES string of the molecule is O=C(O)C(=Cc1c[nH]c2ncccc12)c1ccc(OC(F)(F)F)cc1. The zero-order valence-corrected chi connectivity index (χ0v) is 12.5. The van der Waals surface area contributed by atoms with Crippen molar-refractivity contribution in [2.75, 3.05) is 0 Å². The lowest BCUT2D eigenvalue weighted by molar-refractivity contribution is -0.274. The maximum Gasteiger partial charge on any atom is 0.573 e. The van der Waals surface area contributed by atoms with Gasteiger partial charge >= 0.3 is 12.3 Å². The van der Waals surface area contributed by atoms with Gasteiger partial charge in [0, 0.05) is 23.3 Å². The Morgan fingerprint density at radius 1 is 1.20 bits per heavy atom. The van der Waals surface area contributed by atoms with Gasteiger partial charge < -0.3 is 14.8 Å². The third-order valence-corrected chi connectivity index (χ3v) is 3.41. The number of nitrogens with one attached hydrogen (secondary N) is 1. The van der Waals surface area contributed by atoms with E-state index < -0.39 is 18.1 Å².